The van der Waals surface area contributed by atoms with Crippen LogP contribution in [0.2, 0.25) is 0 Å². The molecule has 29 heavy (non-hydrogen) atoms. The minimum absolute atomic E-state index is 0.197. The van der Waals surface area contributed by atoms with Crippen LogP contribution < -0.4 is 15.4 Å². The third-order valence-corrected chi connectivity index (χ3v) is 4.36. The molecule has 3 rings (SSSR count). The molecule has 1 aromatic heterocycles. The highest BCUT2D eigenvalue weighted by molar-refractivity contribution is 5.79. The summed E-state index contributed by atoms with van der Waals surface area (Å²) in [6.45, 7) is 3.95. The smallest absolute Gasteiger partial charge is 0.191 e. The Morgan fingerprint density at radius 2 is 1.86 bits per heavy atom. The van der Waals surface area contributed by atoms with Crippen LogP contribution in [-0.4, -0.2) is 34.3 Å². The number of guanidine groups is 1. The predicted molar refractivity (Wildman–Crippen MR) is 111 cm³/mol. The zero-order valence-electron chi connectivity index (χ0n) is 16.6. The normalized spacial score (nSPS) is 11.3. The molecule has 0 bridgehead atoms. The van der Waals surface area contributed by atoms with Crippen LogP contribution in [0.4, 0.5) is 4.39 Å². The number of hydrogen-bond acceptors (Lipinski definition) is 4. The number of para-hydroxylation sites is 2. The third kappa shape index (κ3) is 5.54. The number of hydrogen-bond donors (Lipinski definition) is 2. The lowest BCUT2D eigenvalue weighted by Crippen LogP contribution is -2.38. The standard InChI is InChI=1S/C21H25FN6O/c1-3-20-27-26-15-28(20)13-12-24-21(23-2)25-14-16-8-4-6-10-18(16)29-19-11-7-5-9-17(19)22/h4-11,15H,3,12-14H2,1-2H3,(H2,23,24,25). The molecule has 2 N–H and O–H groups in total. The summed E-state index contributed by atoms with van der Waals surface area (Å²) in [5, 5.41) is 14.5. The van der Waals surface area contributed by atoms with Gasteiger partial charge in [0.25, 0.3) is 0 Å². The van der Waals surface area contributed by atoms with Crippen LogP contribution in [0.25, 0.3) is 0 Å². The number of benzene rings is 2. The zero-order chi connectivity index (χ0) is 20.5. The number of rotatable bonds is 8. The van der Waals surface area contributed by atoms with Crippen molar-refractivity contribution in [1.29, 1.82) is 0 Å². The van der Waals surface area contributed by atoms with E-state index in [0.29, 0.717) is 24.8 Å². The molecule has 3 aromatic rings. The molecule has 7 nitrogen and oxygen atoms in total. The van der Waals surface area contributed by atoms with Crippen molar-refractivity contribution in [1.82, 2.24) is 25.4 Å². The van der Waals surface area contributed by atoms with E-state index in [1.165, 1.54) is 6.07 Å². The maximum Gasteiger partial charge on any atom is 0.191 e. The van der Waals surface area contributed by atoms with Crippen molar-refractivity contribution in [3.8, 4) is 11.5 Å². The highest BCUT2D eigenvalue weighted by Crippen LogP contribution is 2.27. The average molecular weight is 396 g/mol. The number of aliphatic imine (C=N–C) groups is 1. The van der Waals surface area contributed by atoms with Gasteiger partial charge in [-0.15, -0.1) is 10.2 Å². The summed E-state index contributed by atoms with van der Waals surface area (Å²) in [4.78, 5) is 4.25. The quantitative estimate of drug-likeness (QED) is 0.452. The Kier molecular flexibility index (Phi) is 7.16. The first-order chi connectivity index (χ1) is 14.2. The molecule has 0 saturated carbocycles. The third-order valence-electron chi connectivity index (χ3n) is 4.36. The highest BCUT2D eigenvalue weighted by Gasteiger charge is 2.09. The van der Waals surface area contributed by atoms with Crippen LogP contribution >= 0.6 is 0 Å². The lowest BCUT2D eigenvalue weighted by atomic mass is 10.2. The van der Waals surface area contributed by atoms with Gasteiger partial charge in [0.15, 0.2) is 17.5 Å². The van der Waals surface area contributed by atoms with Crippen molar-refractivity contribution in [2.75, 3.05) is 13.6 Å². The maximum absolute atomic E-state index is 13.9. The maximum atomic E-state index is 13.9. The van der Waals surface area contributed by atoms with Gasteiger partial charge in [0.2, 0.25) is 0 Å². The van der Waals surface area contributed by atoms with Crippen molar-refractivity contribution in [2.45, 2.75) is 26.4 Å². The van der Waals surface area contributed by atoms with Crippen LogP contribution in [0.5, 0.6) is 11.5 Å². The fourth-order valence-electron chi connectivity index (χ4n) is 2.83. The predicted octanol–water partition coefficient (Wildman–Crippen LogP) is 3.14. The van der Waals surface area contributed by atoms with Crippen molar-refractivity contribution in [2.24, 2.45) is 4.99 Å². The summed E-state index contributed by atoms with van der Waals surface area (Å²) in [6, 6.07) is 13.9. The summed E-state index contributed by atoms with van der Waals surface area (Å²) in [5.74, 6) is 2.01. The first-order valence-corrected chi connectivity index (χ1v) is 9.52. The summed E-state index contributed by atoms with van der Waals surface area (Å²) < 4.78 is 21.7. The molecule has 0 aliphatic heterocycles. The van der Waals surface area contributed by atoms with Gasteiger partial charge < -0.3 is 19.9 Å². The van der Waals surface area contributed by atoms with Gasteiger partial charge in [0.05, 0.1) is 0 Å². The van der Waals surface area contributed by atoms with Crippen LogP contribution in [-0.2, 0) is 19.5 Å². The van der Waals surface area contributed by atoms with Crippen LogP contribution in [0.3, 0.4) is 0 Å². The first-order valence-electron chi connectivity index (χ1n) is 9.52. The van der Waals surface area contributed by atoms with E-state index < -0.39 is 5.82 Å². The van der Waals surface area contributed by atoms with Gasteiger partial charge in [0, 0.05) is 38.7 Å². The lowest BCUT2D eigenvalue weighted by molar-refractivity contribution is 0.437. The Labute approximate surface area is 169 Å². The summed E-state index contributed by atoms with van der Waals surface area (Å²) in [7, 11) is 1.72. The number of ether oxygens (including phenoxy) is 1. The van der Waals surface area contributed by atoms with Gasteiger partial charge in [-0.05, 0) is 18.2 Å². The molecule has 2 aromatic carbocycles. The van der Waals surface area contributed by atoms with Crippen molar-refractivity contribution >= 4 is 5.96 Å². The minimum Gasteiger partial charge on any atom is -0.454 e. The van der Waals surface area contributed by atoms with E-state index in [4.69, 9.17) is 4.74 Å². The molecule has 1 heterocycles. The topological polar surface area (TPSA) is 76.4 Å². The van der Waals surface area contributed by atoms with Gasteiger partial charge in [-0.25, -0.2) is 4.39 Å². The molecular weight excluding hydrogens is 371 g/mol. The Morgan fingerprint density at radius 3 is 2.62 bits per heavy atom. The van der Waals surface area contributed by atoms with Gasteiger partial charge in [0.1, 0.15) is 17.9 Å². The number of nitrogens with zero attached hydrogens (tertiary/aromatic N) is 4. The lowest BCUT2D eigenvalue weighted by Gasteiger charge is -2.15. The van der Waals surface area contributed by atoms with Gasteiger partial charge in [-0.2, -0.15) is 0 Å². The van der Waals surface area contributed by atoms with E-state index in [2.05, 4.69) is 32.7 Å². The van der Waals surface area contributed by atoms with Crippen molar-refractivity contribution in [3.63, 3.8) is 0 Å². The summed E-state index contributed by atoms with van der Waals surface area (Å²) in [5.41, 5.74) is 0.894. The van der Waals surface area contributed by atoms with Crippen molar-refractivity contribution in [3.05, 3.63) is 72.1 Å². The Morgan fingerprint density at radius 1 is 1.10 bits per heavy atom. The van der Waals surface area contributed by atoms with Crippen LogP contribution in [0.1, 0.15) is 18.3 Å². The summed E-state index contributed by atoms with van der Waals surface area (Å²) >= 11 is 0. The number of aromatic nitrogens is 3. The summed E-state index contributed by atoms with van der Waals surface area (Å²) in [6.07, 6.45) is 2.57. The number of nitrogens with one attached hydrogen (secondary N) is 2. The Balaban J connectivity index is 1.56. The van der Waals surface area contributed by atoms with Gasteiger partial charge in [-0.1, -0.05) is 37.3 Å². The van der Waals surface area contributed by atoms with E-state index in [1.54, 1.807) is 31.6 Å². The molecule has 0 unspecified atom stereocenters. The van der Waals surface area contributed by atoms with E-state index in [9.17, 15) is 4.39 Å². The molecule has 0 atom stereocenters. The SMILES string of the molecule is CCc1nncn1CCNC(=NC)NCc1ccccc1Oc1ccccc1F. The van der Waals surface area contributed by atoms with Gasteiger partial charge in [-0.3, -0.25) is 4.99 Å². The molecule has 0 saturated heterocycles. The molecule has 0 amide bonds. The largest absolute Gasteiger partial charge is 0.454 e. The minimum atomic E-state index is -0.395. The molecule has 8 heteroatoms. The van der Waals surface area contributed by atoms with Crippen LogP contribution in [0.15, 0.2) is 59.9 Å². The van der Waals surface area contributed by atoms with E-state index >= 15 is 0 Å². The molecular formula is C21H25FN6O. The van der Waals surface area contributed by atoms with E-state index in [-0.39, 0.29) is 5.75 Å². The molecule has 0 aliphatic carbocycles. The molecule has 0 aliphatic rings. The van der Waals surface area contributed by atoms with E-state index in [0.717, 1.165) is 24.4 Å². The molecule has 0 radical (unpaired) electrons. The first kappa shape index (κ1) is 20.3. The van der Waals surface area contributed by atoms with Gasteiger partial charge >= 0.3 is 0 Å². The fraction of sp³-hybridized carbons (Fsp3) is 0.286. The Bertz CT molecular complexity index is 956. The monoisotopic (exact) mass is 396 g/mol. The number of aryl methyl sites for hydroxylation is 1. The number of halogens is 1. The van der Waals surface area contributed by atoms with Crippen molar-refractivity contribution < 1.29 is 9.13 Å². The fourth-order valence-corrected chi connectivity index (χ4v) is 2.83. The van der Waals surface area contributed by atoms with E-state index in [1.807, 2.05) is 28.8 Å². The Hall–Kier alpha value is -3.42. The second-order valence-corrected chi connectivity index (χ2v) is 6.29. The second kappa shape index (κ2) is 10.2. The van der Waals surface area contributed by atoms with Crippen LogP contribution in [0, 0.1) is 5.82 Å². The molecule has 0 spiro atoms. The second-order valence-electron chi connectivity index (χ2n) is 6.29. The molecule has 0 fully saturated rings. The highest BCUT2D eigenvalue weighted by atomic mass is 19.1. The zero-order valence-corrected chi connectivity index (χ0v) is 16.6. The molecule has 152 valence electrons. The average Bonchev–Trinajstić information content (AvgIpc) is 3.20.